The van der Waals surface area contributed by atoms with Crippen LogP contribution < -0.4 is 5.32 Å². The number of carbonyl (C=O) groups is 1. The van der Waals surface area contributed by atoms with E-state index in [4.69, 9.17) is 4.74 Å². The molecule has 0 amide bonds. The molecule has 1 heterocycles. The van der Waals surface area contributed by atoms with Crippen LogP contribution in [0, 0.1) is 11.8 Å². The lowest BCUT2D eigenvalue weighted by molar-refractivity contribution is -0.152. The summed E-state index contributed by atoms with van der Waals surface area (Å²) >= 11 is 0. The highest BCUT2D eigenvalue weighted by Gasteiger charge is 2.43. The van der Waals surface area contributed by atoms with Gasteiger partial charge >= 0.3 is 5.97 Å². The van der Waals surface area contributed by atoms with Gasteiger partial charge in [0.25, 0.3) is 0 Å². The first-order chi connectivity index (χ1) is 7.84. The van der Waals surface area contributed by atoms with Gasteiger partial charge < -0.3 is 10.1 Å². The van der Waals surface area contributed by atoms with Crippen molar-refractivity contribution in [3.8, 4) is 0 Å². The summed E-state index contributed by atoms with van der Waals surface area (Å²) in [6.07, 6.45) is 8.62. The summed E-state index contributed by atoms with van der Waals surface area (Å²) in [5.74, 6) is 1.33. The number of ether oxygens (including phenoxy) is 1. The molecule has 3 fully saturated rings. The van der Waals surface area contributed by atoms with E-state index in [2.05, 4.69) is 5.32 Å². The summed E-state index contributed by atoms with van der Waals surface area (Å²) in [5.41, 5.74) is 0. The van der Waals surface area contributed by atoms with Crippen molar-refractivity contribution in [3.63, 3.8) is 0 Å². The third kappa shape index (κ3) is 1.86. The molecule has 3 atom stereocenters. The topological polar surface area (TPSA) is 38.3 Å². The van der Waals surface area contributed by atoms with E-state index in [1.165, 1.54) is 32.1 Å². The number of hydrogen-bond acceptors (Lipinski definition) is 3. The summed E-state index contributed by atoms with van der Waals surface area (Å²) in [6.45, 7) is 1.02. The van der Waals surface area contributed by atoms with E-state index < -0.39 is 0 Å². The molecule has 0 aromatic carbocycles. The Bertz CT molecular complexity index is 273. The first-order valence-electron chi connectivity index (χ1n) is 6.78. The molecule has 1 N–H and O–H groups in total. The summed E-state index contributed by atoms with van der Waals surface area (Å²) < 4.78 is 5.60. The van der Waals surface area contributed by atoms with Crippen molar-refractivity contribution in [3.05, 3.63) is 0 Å². The van der Waals surface area contributed by atoms with Crippen LogP contribution in [0.1, 0.15) is 44.9 Å². The molecule has 1 aliphatic heterocycles. The van der Waals surface area contributed by atoms with Crippen LogP contribution in [-0.2, 0) is 9.53 Å². The molecule has 0 aromatic rings. The van der Waals surface area contributed by atoms with E-state index in [0.29, 0.717) is 5.92 Å². The van der Waals surface area contributed by atoms with Crippen LogP contribution in [0.5, 0.6) is 0 Å². The lowest BCUT2D eigenvalue weighted by atomic mass is 9.94. The van der Waals surface area contributed by atoms with Gasteiger partial charge in [0.05, 0.1) is 0 Å². The van der Waals surface area contributed by atoms with Crippen LogP contribution in [0.25, 0.3) is 0 Å². The number of esters is 1. The standard InChI is InChI=1S/C13H21NO2/c15-13(16-10-5-1-2-6-10)12-11-7-3-4-9(11)8-14-12/h9-12,14H,1-8H2. The molecule has 0 spiro atoms. The van der Waals surface area contributed by atoms with E-state index in [-0.39, 0.29) is 18.1 Å². The van der Waals surface area contributed by atoms with Gasteiger partial charge in [-0.05, 0) is 56.9 Å². The van der Waals surface area contributed by atoms with Crippen molar-refractivity contribution in [1.29, 1.82) is 0 Å². The van der Waals surface area contributed by atoms with Crippen LogP contribution in [0.2, 0.25) is 0 Å². The molecule has 16 heavy (non-hydrogen) atoms. The molecule has 2 aliphatic carbocycles. The Morgan fingerprint density at radius 3 is 2.69 bits per heavy atom. The second-order valence-electron chi connectivity index (χ2n) is 5.58. The molecule has 3 nitrogen and oxygen atoms in total. The smallest absolute Gasteiger partial charge is 0.323 e. The van der Waals surface area contributed by atoms with Gasteiger partial charge in [0, 0.05) is 0 Å². The summed E-state index contributed by atoms with van der Waals surface area (Å²) in [4.78, 5) is 12.1. The zero-order valence-electron chi connectivity index (χ0n) is 9.78. The van der Waals surface area contributed by atoms with Crippen LogP contribution in [0.4, 0.5) is 0 Å². The molecule has 3 aliphatic rings. The van der Waals surface area contributed by atoms with Gasteiger partial charge in [-0.2, -0.15) is 0 Å². The highest BCUT2D eigenvalue weighted by atomic mass is 16.5. The molecule has 0 aromatic heterocycles. The minimum Gasteiger partial charge on any atom is -0.461 e. The van der Waals surface area contributed by atoms with E-state index in [9.17, 15) is 4.79 Å². The zero-order chi connectivity index (χ0) is 11.0. The molecular formula is C13H21NO2. The number of hydrogen-bond donors (Lipinski definition) is 1. The zero-order valence-corrected chi connectivity index (χ0v) is 9.78. The molecule has 2 saturated carbocycles. The molecular weight excluding hydrogens is 202 g/mol. The predicted molar refractivity (Wildman–Crippen MR) is 61.0 cm³/mol. The highest BCUT2D eigenvalue weighted by Crippen LogP contribution is 2.38. The van der Waals surface area contributed by atoms with Crippen LogP contribution in [0.15, 0.2) is 0 Å². The maximum atomic E-state index is 12.1. The van der Waals surface area contributed by atoms with E-state index in [1.807, 2.05) is 0 Å². The largest absolute Gasteiger partial charge is 0.461 e. The van der Waals surface area contributed by atoms with Crippen molar-refractivity contribution in [2.24, 2.45) is 11.8 Å². The fourth-order valence-electron chi connectivity index (χ4n) is 3.69. The maximum absolute atomic E-state index is 12.1. The Balaban J connectivity index is 1.57. The van der Waals surface area contributed by atoms with Gasteiger partial charge in [0.1, 0.15) is 12.1 Å². The molecule has 0 bridgehead atoms. The SMILES string of the molecule is O=C(OC1CCCC1)C1NCC2CCCC21. The Hall–Kier alpha value is -0.570. The van der Waals surface area contributed by atoms with Gasteiger partial charge in [0.2, 0.25) is 0 Å². The molecule has 3 rings (SSSR count). The Labute approximate surface area is 96.9 Å². The van der Waals surface area contributed by atoms with Crippen LogP contribution in [-0.4, -0.2) is 24.7 Å². The Kier molecular flexibility index (Phi) is 2.88. The third-order valence-electron chi connectivity index (χ3n) is 4.58. The Morgan fingerprint density at radius 2 is 1.88 bits per heavy atom. The summed E-state index contributed by atoms with van der Waals surface area (Å²) in [6, 6.07) is 0.00750. The van der Waals surface area contributed by atoms with Gasteiger partial charge in [-0.25, -0.2) is 0 Å². The van der Waals surface area contributed by atoms with Gasteiger partial charge in [-0.15, -0.1) is 0 Å². The quantitative estimate of drug-likeness (QED) is 0.726. The van der Waals surface area contributed by atoms with Crippen LogP contribution in [0.3, 0.4) is 0 Å². The lowest BCUT2D eigenvalue weighted by Crippen LogP contribution is -2.38. The molecule has 90 valence electrons. The van der Waals surface area contributed by atoms with E-state index in [1.54, 1.807) is 0 Å². The molecule has 1 saturated heterocycles. The number of fused-ring (bicyclic) bond motifs is 1. The van der Waals surface area contributed by atoms with Crippen molar-refractivity contribution in [1.82, 2.24) is 5.32 Å². The van der Waals surface area contributed by atoms with Crippen molar-refractivity contribution in [2.45, 2.75) is 57.1 Å². The third-order valence-corrected chi connectivity index (χ3v) is 4.58. The summed E-state index contributed by atoms with van der Waals surface area (Å²) in [5, 5.41) is 3.36. The number of carbonyl (C=O) groups excluding carboxylic acids is 1. The fourth-order valence-corrected chi connectivity index (χ4v) is 3.69. The molecule has 3 unspecified atom stereocenters. The minimum absolute atomic E-state index is 0.00750. The van der Waals surface area contributed by atoms with Crippen molar-refractivity contribution < 1.29 is 9.53 Å². The fraction of sp³-hybridized carbons (Fsp3) is 0.923. The number of rotatable bonds is 2. The second kappa shape index (κ2) is 4.36. The molecule has 0 radical (unpaired) electrons. The predicted octanol–water partition coefficient (Wildman–Crippen LogP) is 1.86. The lowest BCUT2D eigenvalue weighted by Gasteiger charge is -2.19. The first-order valence-corrected chi connectivity index (χ1v) is 6.78. The van der Waals surface area contributed by atoms with Crippen molar-refractivity contribution in [2.75, 3.05) is 6.54 Å². The number of nitrogens with one attached hydrogen (secondary N) is 1. The van der Waals surface area contributed by atoms with Gasteiger partial charge in [-0.1, -0.05) is 6.42 Å². The first kappa shape index (κ1) is 10.6. The highest BCUT2D eigenvalue weighted by molar-refractivity contribution is 5.77. The van der Waals surface area contributed by atoms with Gasteiger partial charge in [0.15, 0.2) is 0 Å². The van der Waals surface area contributed by atoms with Crippen molar-refractivity contribution >= 4 is 5.97 Å². The van der Waals surface area contributed by atoms with E-state index in [0.717, 1.165) is 25.3 Å². The minimum atomic E-state index is 0.00750. The maximum Gasteiger partial charge on any atom is 0.323 e. The normalized spacial score (nSPS) is 38.9. The van der Waals surface area contributed by atoms with Gasteiger partial charge in [-0.3, -0.25) is 4.79 Å². The Morgan fingerprint density at radius 1 is 1.06 bits per heavy atom. The summed E-state index contributed by atoms with van der Waals surface area (Å²) in [7, 11) is 0. The average Bonchev–Trinajstić information content (AvgIpc) is 2.92. The molecule has 3 heteroatoms. The van der Waals surface area contributed by atoms with E-state index >= 15 is 0 Å². The van der Waals surface area contributed by atoms with Crippen LogP contribution >= 0.6 is 0 Å². The second-order valence-corrected chi connectivity index (χ2v) is 5.58. The monoisotopic (exact) mass is 223 g/mol. The average molecular weight is 223 g/mol.